The first-order valence-electron chi connectivity index (χ1n) is 6.63. The fourth-order valence-corrected chi connectivity index (χ4v) is 2.10. The molecular formula is C15H11FN4O2S. The quantitative estimate of drug-likeness (QED) is 0.592. The molecule has 23 heavy (non-hydrogen) atoms. The predicted molar refractivity (Wildman–Crippen MR) is 85.5 cm³/mol. The van der Waals surface area contributed by atoms with Crippen molar-refractivity contribution in [2.45, 2.75) is 6.92 Å². The van der Waals surface area contributed by atoms with E-state index in [0.29, 0.717) is 17.1 Å². The zero-order chi connectivity index (χ0) is 16.4. The van der Waals surface area contributed by atoms with E-state index in [1.807, 2.05) is 0 Å². The molecule has 0 atom stereocenters. The molecule has 8 heteroatoms. The van der Waals surface area contributed by atoms with E-state index in [1.165, 1.54) is 12.3 Å². The van der Waals surface area contributed by atoms with Crippen molar-refractivity contribution < 1.29 is 8.81 Å². The van der Waals surface area contributed by atoms with Gasteiger partial charge in [0.15, 0.2) is 0 Å². The molecule has 1 N–H and O–H groups in total. The molecule has 0 amide bonds. The van der Waals surface area contributed by atoms with E-state index in [0.717, 1.165) is 4.68 Å². The molecule has 0 aliphatic rings. The fraction of sp³-hybridized carbons (Fsp3) is 0.0667. The number of rotatable bonds is 3. The van der Waals surface area contributed by atoms with Gasteiger partial charge in [-0.2, -0.15) is 14.9 Å². The number of nitrogens with zero attached hydrogens (tertiary/aromatic N) is 3. The van der Waals surface area contributed by atoms with Crippen LogP contribution in [-0.2, 0) is 0 Å². The molecule has 0 fully saturated rings. The van der Waals surface area contributed by atoms with Crippen molar-refractivity contribution in [3.63, 3.8) is 0 Å². The summed E-state index contributed by atoms with van der Waals surface area (Å²) in [6, 6.07) is 9.53. The highest BCUT2D eigenvalue weighted by atomic mass is 32.1. The van der Waals surface area contributed by atoms with Crippen LogP contribution in [0, 0.1) is 17.5 Å². The van der Waals surface area contributed by atoms with Gasteiger partial charge in [0, 0.05) is 0 Å². The molecule has 0 unspecified atom stereocenters. The molecule has 0 saturated heterocycles. The zero-order valence-electron chi connectivity index (χ0n) is 12.0. The topological polar surface area (TPSA) is 76.2 Å². The maximum Gasteiger partial charge on any atom is 0.296 e. The minimum Gasteiger partial charge on any atom is -0.455 e. The highest BCUT2D eigenvalue weighted by molar-refractivity contribution is 7.71. The van der Waals surface area contributed by atoms with E-state index >= 15 is 0 Å². The summed E-state index contributed by atoms with van der Waals surface area (Å²) in [4.78, 5) is 11.9. The van der Waals surface area contributed by atoms with Crippen LogP contribution in [0.5, 0.6) is 0 Å². The van der Waals surface area contributed by atoms with Crippen molar-refractivity contribution in [3.8, 4) is 11.3 Å². The first kappa shape index (κ1) is 15.0. The summed E-state index contributed by atoms with van der Waals surface area (Å²) in [5.41, 5.74) is 0.162. The van der Waals surface area contributed by atoms with E-state index in [4.69, 9.17) is 16.6 Å². The number of benzene rings is 1. The number of nitrogens with one attached hydrogen (secondary N) is 1. The Kier molecular flexibility index (Phi) is 3.98. The van der Waals surface area contributed by atoms with E-state index in [-0.39, 0.29) is 16.3 Å². The number of furan rings is 1. The van der Waals surface area contributed by atoms with Crippen molar-refractivity contribution in [3.05, 3.63) is 68.8 Å². The van der Waals surface area contributed by atoms with Gasteiger partial charge in [-0.05, 0) is 43.4 Å². The Morgan fingerprint density at radius 2 is 2.13 bits per heavy atom. The van der Waals surface area contributed by atoms with Gasteiger partial charge in [0.05, 0.1) is 11.8 Å². The van der Waals surface area contributed by atoms with Crippen LogP contribution in [0.3, 0.4) is 0 Å². The Bertz CT molecular complexity index is 1000. The van der Waals surface area contributed by atoms with Crippen LogP contribution in [0.2, 0.25) is 0 Å². The van der Waals surface area contributed by atoms with E-state index < -0.39 is 5.56 Å². The molecule has 2 aromatic heterocycles. The summed E-state index contributed by atoms with van der Waals surface area (Å²) >= 11 is 4.96. The largest absolute Gasteiger partial charge is 0.455 e. The van der Waals surface area contributed by atoms with Gasteiger partial charge in [-0.1, -0.05) is 12.1 Å². The lowest BCUT2D eigenvalue weighted by atomic mass is 10.1. The standard InChI is InChI=1S/C15H11FN4O2S/c1-9-14(21)20(15(23)19-18-9)17-8-10-6-7-13(22-10)11-4-2-3-5-12(11)16/h2-8H,1H3,(H,19,23)/b17-8-. The number of aromatic nitrogens is 3. The van der Waals surface area contributed by atoms with Crippen LogP contribution in [0.4, 0.5) is 4.39 Å². The molecule has 0 saturated carbocycles. The SMILES string of the molecule is Cc1n[nH]c(=S)n(/N=C\c2ccc(-c3ccccc3F)o2)c1=O. The summed E-state index contributed by atoms with van der Waals surface area (Å²) in [5, 5.41) is 10.2. The van der Waals surface area contributed by atoms with Gasteiger partial charge in [0.1, 0.15) is 23.0 Å². The van der Waals surface area contributed by atoms with Crippen LogP contribution in [0.25, 0.3) is 11.3 Å². The highest BCUT2D eigenvalue weighted by Crippen LogP contribution is 2.24. The second-order valence-electron chi connectivity index (χ2n) is 4.66. The molecule has 0 aliphatic heterocycles. The summed E-state index contributed by atoms with van der Waals surface area (Å²) < 4.78 is 20.3. The van der Waals surface area contributed by atoms with Crippen molar-refractivity contribution >= 4 is 18.4 Å². The monoisotopic (exact) mass is 330 g/mol. The number of hydrogen-bond acceptors (Lipinski definition) is 5. The number of aryl methyl sites for hydroxylation is 1. The second-order valence-corrected chi connectivity index (χ2v) is 5.04. The minimum atomic E-state index is -0.425. The summed E-state index contributed by atoms with van der Waals surface area (Å²) in [6.45, 7) is 1.54. The molecule has 0 bridgehead atoms. The van der Waals surface area contributed by atoms with E-state index in [9.17, 15) is 9.18 Å². The molecule has 2 heterocycles. The number of hydrogen-bond donors (Lipinski definition) is 1. The van der Waals surface area contributed by atoms with Crippen molar-refractivity contribution in [1.29, 1.82) is 0 Å². The van der Waals surface area contributed by atoms with E-state index in [2.05, 4.69) is 15.3 Å². The maximum atomic E-state index is 13.7. The Labute approximate surface area is 134 Å². The summed E-state index contributed by atoms with van der Waals surface area (Å²) in [6.07, 6.45) is 1.33. The van der Waals surface area contributed by atoms with Gasteiger partial charge in [-0.25, -0.2) is 4.39 Å². The van der Waals surface area contributed by atoms with Gasteiger partial charge in [-0.15, -0.1) is 0 Å². The number of halogens is 1. The van der Waals surface area contributed by atoms with Crippen LogP contribution in [0.15, 0.2) is 50.7 Å². The van der Waals surface area contributed by atoms with Crippen LogP contribution in [0.1, 0.15) is 11.5 Å². The summed E-state index contributed by atoms with van der Waals surface area (Å²) in [5.74, 6) is 0.348. The number of H-pyrrole nitrogens is 1. The molecule has 0 spiro atoms. The molecular weight excluding hydrogens is 319 g/mol. The minimum absolute atomic E-state index is 0.0673. The lowest BCUT2D eigenvalue weighted by Gasteiger charge is -1.99. The molecule has 6 nitrogen and oxygen atoms in total. The second kappa shape index (κ2) is 6.09. The summed E-state index contributed by atoms with van der Waals surface area (Å²) in [7, 11) is 0. The lowest BCUT2D eigenvalue weighted by molar-refractivity contribution is 0.562. The number of aromatic amines is 1. The van der Waals surface area contributed by atoms with Gasteiger partial charge in [0.25, 0.3) is 5.56 Å². The van der Waals surface area contributed by atoms with Gasteiger partial charge in [-0.3, -0.25) is 9.89 Å². The Morgan fingerprint density at radius 1 is 1.35 bits per heavy atom. The van der Waals surface area contributed by atoms with Crippen molar-refractivity contribution in [1.82, 2.24) is 14.9 Å². The predicted octanol–water partition coefficient (Wildman–Crippen LogP) is 2.89. The average Bonchev–Trinajstić information content (AvgIpc) is 3.00. The highest BCUT2D eigenvalue weighted by Gasteiger charge is 2.08. The van der Waals surface area contributed by atoms with Crippen LogP contribution in [-0.4, -0.2) is 21.1 Å². The van der Waals surface area contributed by atoms with Crippen LogP contribution >= 0.6 is 12.2 Å². The molecule has 0 aliphatic carbocycles. The molecule has 1 aromatic carbocycles. The Morgan fingerprint density at radius 3 is 2.91 bits per heavy atom. The van der Waals surface area contributed by atoms with Crippen LogP contribution < -0.4 is 5.56 Å². The third-order valence-electron chi connectivity index (χ3n) is 3.08. The zero-order valence-corrected chi connectivity index (χ0v) is 12.8. The first-order valence-corrected chi connectivity index (χ1v) is 7.04. The lowest BCUT2D eigenvalue weighted by Crippen LogP contribution is -2.22. The third kappa shape index (κ3) is 3.02. The Hall–Kier alpha value is -2.87. The van der Waals surface area contributed by atoms with Gasteiger partial charge in [0.2, 0.25) is 4.77 Å². The molecule has 3 rings (SSSR count). The normalized spacial score (nSPS) is 11.2. The first-order chi connectivity index (χ1) is 11.1. The maximum absolute atomic E-state index is 13.7. The molecule has 3 aromatic rings. The fourth-order valence-electron chi connectivity index (χ4n) is 1.92. The van der Waals surface area contributed by atoms with Gasteiger partial charge >= 0.3 is 0 Å². The average molecular weight is 330 g/mol. The smallest absolute Gasteiger partial charge is 0.296 e. The molecule has 116 valence electrons. The Balaban J connectivity index is 1.94. The van der Waals surface area contributed by atoms with Crippen molar-refractivity contribution in [2.24, 2.45) is 5.10 Å². The van der Waals surface area contributed by atoms with Crippen molar-refractivity contribution in [2.75, 3.05) is 0 Å². The molecule has 0 radical (unpaired) electrons. The third-order valence-corrected chi connectivity index (χ3v) is 3.34. The van der Waals surface area contributed by atoms with Gasteiger partial charge < -0.3 is 4.42 Å². The van der Waals surface area contributed by atoms with E-state index in [1.54, 1.807) is 37.3 Å².